The highest BCUT2D eigenvalue weighted by molar-refractivity contribution is 5.98. The van der Waals surface area contributed by atoms with Gasteiger partial charge in [-0.05, 0) is 6.42 Å². The molecular formula is C14H31BO6. The lowest BCUT2D eigenvalue weighted by atomic mass is 9.96. The topological polar surface area (TPSA) is 110 Å². The lowest BCUT2D eigenvalue weighted by Gasteiger charge is -2.30. The number of rotatable bonds is 13. The first-order chi connectivity index (χ1) is 9.99. The van der Waals surface area contributed by atoms with Crippen LogP contribution in [0.3, 0.4) is 0 Å². The molecule has 5 atom stereocenters. The van der Waals surface area contributed by atoms with Gasteiger partial charge in [0.2, 0.25) is 0 Å². The third-order valence-electron chi connectivity index (χ3n) is 3.81. The molecule has 21 heavy (non-hydrogen) atoms. The summed E-state index contributed by atoms with van der Waals surface area (Å²) in [7, 11) is 1.29. The summed E-state index contributed by atoms with van der Waals surface area (Å²) in [5.41, 5.74) is 0. The maximum Gasteiger partial charge on any atom is 0.257 e. The molecule has 6 nitrogen and oxygen atoms in total. The molecule has 0 radical (unpaired) electrons. The molecule has 0 amide bonds. The van der Waals surface area contributed by atoms with Crippen molar-refractivity contribution in [3.05, 3.63) is 0 Å². The smallest absolute Gasteiger partial charge is 0.257 e. The van der Waals surface area contributed by atoms with Crippen molar-refractivity contribution in [1.29, 1.82) is 0 Å². The summed E-state index contributed by atoms with van der Waals surface area (Å²) in [6.45, 7) is 1.67. The number of hydrogen-bond donors (Lipinski definition) is 5. The van der Waals surface area contributed by atoms with Crippen LogP contribution in [0.15, 0.2) is 0 Å². The third-order valence-corrected chi connectivity index (χ3v) is 3.81. The van der Waals surface area contributed by atoms with E-state index >= 15 is 0 Å². The quantitative estimate of drug-likeness (QED) is 0.223. The first-order valence-corrected chi connectivity index (χ1v) is 7.85. The molecule has 0 fully saturated rings. The second-order valence-corrected chi connectivity index (χ2v) is 5.55. The zero-order valence-electron chi connectivity index (χ0n) is 13.2. The van der Waals surface area contributed by atoms with E-state index in [1.54, 1.807) is 0 Å². The Morgan fingerprint density at radius 1 is 0.857 bits per heavy atom. The van der Waals surface area contributed by atoms with Crippen LogP contribution in [0.2, 0.25) is 0 Å². The monoisotopic (exact) mass is 306 g/mol. The summed E-state index contributed by atoms with van der Waals surface area (Å²) in [5.74, 6) is 0. The first-order valence-electron chi connectivity index (χ1n) is 7.85. The number of aliphatic hydroxyl groups is 5. The van der Waals surface area contributed by atoms with E-state index in [0.717, 1.165) is 19.3 Å². The Hall–Kier alpha value is -0.175. The predicted molar refractivity (Wildman–Crippen MR) is 82.5 cm³/mol. The lowest BCUT2D eigenvalue weighted by Crippen LogP contribution is -2.50. The molecule has 0 bridgehead atoms. The summed E-state index contributed by atoms with van der Waals surface area (Å²) in [6, 6.07) is 0. The Balaban J connectivity index is 4.03. The Kier molecular flexibility index (Phi) is 12.3. The van der Waals surface area contributed by atoms with E-state index in [-0.39, 0.29) is 0 Å². The van der Waals surface area contributed by atoms with Gasteiger partial charge in [0.15, 0.2) is 0 Å². The Morgan fingerprint density at radius 3 is 1.95 bits per heavy atom. The van der Waals surface area contributed by atoms with Crippen LogP contribution in [0, 0.1) is 0 Å². The largest absolute Gasteiger partial charge is 0.436 e. The SMILES string of the molecule is BOC(CO)C(O)C(O)C(O)C(O)CCCCCCCC. The fraction of sp³-hybridized carbons (Fsp3) is 1.00. The molecule has 0 aliphatic rings. The highest BCUT2D eigenvalue weighted by Gasteiger charge is 2.34. The molecule has 0 heterocycles. The molecule has 0 rings (SSSR count). The molecule has 0 aliphatic carbocycles. The molecule has 0 aromatic rings. The molecule has 0 aliphatic heterocycles. The van der Waals surface area contributed by atoms with Crippen molar-refractivity contribution in [2.24, 2.45) is 0 Å². The Bertz CT molecular complexity index is 240. The summed E-state index contributed by atoms with van der Waals surface area (Å²) >= 11 is 0. The molecule has 5 unspecified atom stereocenters. The van der Waals surface area contributed by atoms with Crippen molar-refractivity contribution in [2.75, 3.05) is 6.61 Å². The fourth-order valence-electron chi connectivity index (χ4n) is 2.28. The highest BCUT2D eigenvalue weighted by atomic mass is 16.5. The average Bonchev–Trinajstić information content (AvgIpc) is 2.50. The van der Waals surface area contributed by atoms with Gasteiger partial charge in [-0.3, -0.25) is 0 Å². The van der Waals surface area contributed by atoms with Crippen molar-refractivity contribution in [3.8, 4) is 0 Å². The molecule has 7 heteroatoms. The van der Waals surface area contributed by atoms with Gasteiger partial charge in [0.1, 0.15) is 18.3 Å². The lowest BCUT2D eigenvalue weighted by molar-refractivity contribution is -0.135. The number of hydrogen-bond acceptors (Lipinski definition) is 6. The molecule has 0 aromatic carbocycles. The standard InChI is InChI=1S/C14H31BO6/c1-2-3-4-5-6-7-8-10(17)12(18)14(20)13(19)11(9-16)21-15/h10-14,16-20H,2-9,15H2,1H3. The van der Waals surface area contributed by atoms with Crippen LogP contribution in [-0.4, -0.2) is 70.7 Å². The van der Waals surface area contributed by atoms with Gasteiger partial charge >= 0.3 is 0 Å². The minimum Gasteiger partial charge on any atom is -0.436 e. The summed E-state index contributed by atoms with van der Waals surface area (Å²) < 4.78 is 4.80. The molecule has 0 aromatic heterocycles. The normalized spacial score (nSPS) is 19.0. The van der Waals surface area contributed by atoms with Crippen molar-refractivity contribution < 1.29 is 30.2 Å². The molecule has 0 saturated heterocycles. The van der Waals surface area contributed by atoms with Gasteiger partial charge in [0.25, 0.3) is 8.05 Å². The maximum absolute atomic E-state index is 9.84. The van der Waals surface area contributed by atoms with E-state index in [4.69, 9.17) is 9.76 Å². The van der Waals surface area contributed by atoms with E-state index in [0.29, 0.717) is 6.42 Å². The van der Waals surface area contributed by atoms with E-state index in [1.807, 2.05) is 0 Å². The average molecular weight is 306 g/mol. The van der Waals surface area contributed by atoms with Crippen molar-refractivity contribution in [2.45, 2.75) is 82.4 Å². The van der Waals surface area contributed by atoms with Gasteiger partial charge in [0, 0.05) is 0 Å². The van der Waals surface area contributed by atoms with Crippen LogP contribution in [0.5, 0.6) is 0 Å². The fourth-order valence-corrected chi connectivity index (χ4v) is 2.28. The van der Waals surface area contributed by atoms with Gasteiger partial charge in [0.05, 0.1) is 18.8 Å². The first kappa shape index (κ1) is 20.8. The summed E-state index contributed by atoms with van der Waals surface area (Å²) in [4.78, 5) is 0. The summed E-state index contributed by atoms with van der Waals surface area (Å²) in [5, 5.41) is 48.2. The van der Waals surface area contributed by atoms with E-state index < -0.39 is 37.1 Å². The van der Waals surface area contributed by atoms with Crippen molar-refractivity contribution in [3.63, 3.8) is 0 Å². The molecular weight excluding hydrogens is 275 g/mol. The third kappa shape index (κ3) is 8.14. The highest BCUT2D eigenvalue weighted by Crippen LogP contribution is 2.15. The Morgan fingerprint density at radius 2 is 1.43 bits per heavy atom. The van der Waals surface area contributed by atoms with Crippen molar-refractivity contribution in [1.82, 2.24) is 0 Å². The predicted octanol–water partition coefficient (Wildman–Crippen LogP) is -0.894. The van der Waals surface area contributed by atoms with Crippen LogP contribution < -0.4 is 0 Å². The zero-order valence-corrected chi connectivity index (χ0v) is 13.2. The molecule has 126 valence electrons. The van der Waals surface area contributed by atoms with Crippen LogP contribution >= 0.6 is 0 Å². The van der Waals surface area contributed by atoms with Crippen LogP contribution in [0.1, 0.15) is 51.9 Å². The van der Waals surface area contributed by atoms with E-state index in [1.165, 1.54) is 27.3 Å². The second kappa shape index (κ2) is 12.4. The van der Waals surface area contributed by atoms with Crippen molar-refractivity contribution >= 4 is 8.05 Å². The van der Waals surface area contributed by atoms with E-state index in [2.05, 4.69) is 6.92 Å². The minimum absolute atomic E-state index is 0.369. The molecule has 0 spiro atoms. The van der Waals surface area contributed by atoms with Gasteiger partial charge in [-0.25, -0.2) is 0 Å². The van der Waals surface area contributed by atoms with Gasteiger partial charge in [-0.2, -0.15) is 0 Å². The van der Waals surface area contributed by atoms with Gasteiger partial charge in [-0.1, -0.05) is 45.4 Å². The number of aliphatic hydroxyl groups excluding tert-OH is 5. The molecule has 5 N–H and O–H groups in total. The van der Waals surface area contributed by atoms with Gasteiger partial charge < -0.3 is 30.2 Å². The maximum atomic E-state index is 9.84. The van der Waals surface area contributed by atoms with E-state index in [9.17, 15) is 20.4 Å². The van der Waals surface area contributed by atoms with Crippen LogP contribution in [0.4, 0.5) is 0 Å². The second-order valence-electron chi connectivity index (χ2n) is 5.55. The van der Waals surface area contributed by atoms with Crippen LogP contribution in [0.25, 0.3) is 0 Å². The minimum atomic E-state index is -1.56. The van der Waals surface area contributed by atoms with Crippen LogP contribution in [-0.2, 0) is 4.65 Å². The zero-order chi connectivity index (χ0) is 16.3. The summed E-state index contributed by atoms with van der Waals surface area (Å²) in [6.07, 6.45) is 0.193. The number of unbranched alkanes of at least 4 members (excludes halogenated alkanes) is 5. The Labute approximate surface area is 128 Å². The molecule has 0 saturated carbocycles. The van der Waals surface area contributed by atoms with Gasteiger partial charge in [-0.15, -0.1) is 0 Å².